The molecule has 0 amide bonds. The second-order valence-electron chi connectivity index (χ2n) is 6.21. The average molecular weight is 278 g/mol. The number of piperidine rings is 1. The Balaban J connectivity index is 1.84. The summed E-state index contributed by atoms with van der Waals surface area (Å²) in [4.78, 5) is 6.27. The van der Waals surface area contributed by atoms with Crippen LogP contribution in [-0.2, 0) is 0 Å². The molecule has 1 aliphatic heterocycles. The third-order valence-electron chi connectivity index (χ3n) is 4.96. The lowest BCUT2D eigenvalue weighted by molar-refractivity contribution is 0.175. The third kappa shape index (κ3) is 2.14. The number of rotatable bonds is 2. The normalized spacial score (nSPS) is 18.3. The minimum Gasteiger partial charge on any atom is -0.354 e. The molecular weight excluding hydrogens is 256 g/mol. The molecule has 1 aromatic heterocycles. The fraction of sp³-hybridized carbons (Fsp3) is 0.368. The Kier molecular flexibility index (Phi) is 3.19. The van der Waals surface area contributed by atoms with E-state index in [0.29, 0.717) is 6.04 Å². The minimum absolute atomic E-state index is 0.488. The van der Waals surface area contributed by atoms with Gasteiger partial charge in [-0.2, -0.15) is 0 Å². The van der Waals surface area contributed by atoms with Crippen LogP contribution in [-0.4, -0.2) is 23.0 Å². The molecule has 2 aromatic carbocycles. The molecule has 0 spiro atoms. The van der Waals surface area contributed by atoms with E-state index in [2.05, 4.69) is 59.3 Å². The molecule has 2 heteroatoms. The minimum atomic E-state index is 0.488. The number of nitrogens with zero attached hydrogens (tertiary/aromatic N) is 1. The van der Waals surface area contributed by atoms with Gasteiger partial charge in [0.2, 0.25) is 0 Å². The van der Waals surface area contributed by atoms with Crippen LogP contribution in [0.3, 0.4) is 0 Å². The molecule has 3 aromatic rings. The largest absolute Gasteiger partial charge is 0.354 e. The molecule has 108 valence electrons. The smallest absolute Gasteiger partial charge is 0.0513 e. The van der Waals surface area contributed by atoms with Gasteiger partial charge in [-0.05, 0) is 44.5 Å². The number of para-hydroxylation sites is 2. The Morgan fingerprint density at radius 2 is 1.67 bits per heavy atom. The zero-order valence-electron chi connectivity index (χ0n) is 12.6. The molecular formula is C19H22N2. The van der Waals surface area contributed by atoms with Gasteiger partial charge in [-0.1, -0.05) is 42.8 Å². The first-order valence-corrected chi connectivity index (χ1v) is 8.08. The van der Waals surface area contributed by atoms with Crippen molar-refractivity contribution in [3.05, 3.63) is 48.0 Å². The van der Waals surface area contributed by atoms with Crippen molar-refractivity contribution in [1.82, 2.24) is 9.88 Å². The van der Waals surface area contributed by atoms with Gasteiger partial charge in [-0.25, -0.2) is 0 Å². The number of likely N-dealkylation sites (tertiary alicyclic amines) is 1. The van der Waals surface area contributed by atoms with Gasteiger partial charge in [0.15, 0.2) is 0 Å². The van der Waals surface area contributed by atoms with Gasteiger partial charge in [-0.3, -0.25) is 4.90 Å². The van der Waals surface area contributed by atoms with Crippen LogP contribution in [0.25, 0.3) is 21.8 Å². The van der Waals surface area contributed by atoms with Crippen LogP contribution in [0.2, 0.25) is 0 Å². The number of aromatic nitrogens is 1. The summed E-state index contributed by atoms with van der Waals surface area (Å²) in [7, 11) is 0. The fourth-order valence-corrected chi connectivity index (χ4v) is 3.75. The molecule has 4 rings (SSSR count). The van der Waals surface area contributed by atoms with E-state index in [0.717, 1.165) is 0 Å². The molecule has 0 aliphatic carbocycles. The van der Waals surface area contributed by atoms with E-state index in [1.807, 2.05) is 0 Å². The van der Waals surface area contributed by atoms with E-state index in [1.54, 1.807) is 0 Å². The van der Waals surface area contributed by atoms with E-state index >= 15 is 0 Å². The molecule has 0 radical (unpaired) electrons. The van der Waals surface area contributed by atoms with Gasteiger partial charge in [-0.15, -0.1) is 0 Å². The van der Waals surface area contributed by atoms with Crippen molar-refractivity contribution >= 4 is 21.8 Å². The van der Waals surface area contributed by atoms with Gasteiger partial charge in [0, 0.05) is 22.3 Å². The topological polar surface area (TPSA) is 19.0 Å². The quantitative estimate of drug-likeness (QED) is 0.708. The van der Waals surface area contributed by atoms with Crippen molar-refractivity contribution < 1.29 is 0 Å². The second-order valence-corrected chi connectivity index (χ2v) is 6.21. The Morgan fingerprint density at radius 1 is 0.905 bits per heavy atom. The molecule has 1 atom stereocenters. The van der Waals surface area contributed by atoms with Crippen LogP contribution < -0.4 is 0 Å². The number of aromatic amines is 1. The molecule has 1 saturated heterocycles. The van der Waals surface area contributed by atoms with Crippen molar-refractivity contribution in [2.75, 3.05) is 13.1 Å². The van der Waals surface area contributed by atoms with E-state index in [4.69, 9.17) is 0 Å². The molecule has 2 nitrogen and oxygen atoms in total. The first-order chi connectivity index (χ1) is 10.3. The van der Waals surface area contributed by atoms with Crippen molar-refractivity contribution in [1.29, 1.82) is 0 Å². The first-order valence-electron chi connectivity index (χ1n) is 8.08. The number of nitrogens with one attached hydrogen (secondary N) is 1. The van der Waals surface area contributed by atoms with Crippen molar-refractivity contribution in [2.45, 2.75) is 32.2 Å². The highest BCUT2D eigenvalue weighted by Crippen LogP contribution is 2.33. The van der Waals surface area contributed by atoms with Gasteiger partial charge in [0.1, 0.15) is 0 Å². The summed E-state index contributed by atoms with van der Waals surface area (Å²) < 4.78 is 0. The maximum atomic E-state index is 3.64. The Hall–Kier alpha value is -1.80. The number of fused-ring (bicyclic) bond motifs is 3. The highest BCUT2D eigenvalue weighted by molar-refractivity contribution is 6.08. The summed E-state index contributed by atoms with van der Waals surface area (Å²) in [5.41, 5.74) is 3.99. The van der Waals surface area contributed by atoms with Crippen LogP contribution in [0, 0.1) is 0 Å². The highest BCUT2D eigenvalue weighted by atomic mass is 15.2. The molecule has 1 unspecified atom stereocenters. The second kappa shape index (κ2) is 5.19. The Labute approximate surface area is 125 Å². The summed E-state index contributed by atoms with van der Waals surface area (Å²) in [5, 5.41) is 2.69. The SMILES string of the molecule is CC(c1cccc2c1[nH]c1ccccc12)N1CCCCC1. The molecule has 0 bridgehead atoms. The van der Waals surface area contributed by atoms with Crippen LogP contribution in [0.5, 0.6) is 0 Å². The molecule has 0 saturated carbocycles. The molecule has 2 heterocycles. The average Bonchev–Trinajstić information content (AvgIpc) is 2.94. The van der Waals surface area contributed by atoms with Crippen molar-refractivity contribution in [3.8, 4) is 0 Å². The Bertz CT molecular complexity index is 765. The number of hydrogen-bond donors (Lipinski definition) is 1. The van der Waals surface area contributed by atoms with Gasteiger partial charge in [0.25, 0.3) is 0 Å². The van der Waals surface area contributed by atoms with Gasteiger partial charge < -0.3 is 4.98 Å². The van der Waals surface area contributed by atoms with Crippen molar-refractivity contribution in [3.63, 3.8) is 0 Å². The van der Waals surface area contributed by atoms with E-state index in [1.165, 1.54) is 59.7 Å². The lowest BCUT2D eigenvalue weighted by atomic mass is 10.0. The highest BCUT2D eigenvalue weighted by Gasteiger charge is 2.20. The number of benzene rings is 2. The van der Waals surface area contributed by atoms with E-state index in [-0.39, 0.29) is 0 Å². The van der Waals surface area contributed by atoms with E-state index < -0.39 is 0 Å². The van der Waals surface area contributed by atoms with Crippen LogP contribution in [0.15, 0.2) is 42.5 Å². The molecule has 1 fully saturated rings. The van der Waals surface area contributed by atoms with Crippen LogP contribution in [0.4, 0.5) is 0 Å². The summed E-state index contributed by atoms with van der Waals surface area (Å²) in [6.07, 6.45) is 4.07. The molecule has 1 N–H and O–H groups in total. The number of hydrogen-bond acceptors (Lipinski definition) is 1. The van der Waals surface area contributed by atoms with Crippen LogP contribution >= 0.6 is 0 Å². The maximum Gasteiger partial charge on any atom is 0.0513 e. The fourth-order valence-electron chi connectivity index (χ4n) is 3.75. The van der Waals surface area contributed by atoms with Gasteiger partial charge >= 0.3 is 0 Å². The van der Waals surface area contributed by atoms with Gasteiger partial charge in [0.05, 0.1) is 5.52 Å². The third-order valence-corrected chi connectivity index (χ3v) is 4.96. The molecule has 21 heavy (non-hydrogen) atoms. The lowest BCUT2D eigenvalue weighted by Crippen LogP contribution is -2.32. The van der Waals surface area contributed by atoms with Crippen molar-refractivity contribution in [2.24, 2.45) is 0 Å². The Morgan fingerprint density at radius 3 is 2.52 bits per heavy atom. The predicted octanol–water partition coefficient (Wildman–Crippen LogP) is 4.87. The summed E-state index contributed by atoms with van der Waals surface area (Å²) in [5.74, 6) is 0. The van der Waals surface area contributed by atoms with E-state index in [9.17, 15) is 0 Å². The summed E-state index contributed by atoms with van der Waals surface area (Å²) in [6.45, 7) is 4.82. The predicted molar refractivity (Wildman–Crippen MR) is 89.6 cm³/mol. The number of H-pyrrole nitrogens is 1. The first kappa shape index (κ1) is 12.9. The standard InChI is InChI=1S/C19H22N2/c1-14(21-12-5-2-6-13-21)15-9-7-10-17-16-8-3-4-11-18(16)20-19(15)17/h3-4,7-11,14,20H,2,5-6,12-13H2,1H3. The maximum absolute atomic E-state index is 3.64. The zero-order chi connectivity index (χ0) is 14.2. The van der Waals surface area contributed by atoms with Crippen LogP contribution in [0.1, 0.15) is 37.8 Å². The molecule has 1 aliphatic rings. The lowest BCUT2D eigenvalue weighted by Gasteiger charge is -2.32. The zero-order valence-corrected chi connectivity index (χ0v) is 12.6. The monoisotopic (exact) mass is 278 g/mol. The summed E-state index contributed by atoms with van der Waals surface area (Å²) in [6, 6.07) is 15.8. The summed E-state index contributed by atoms with van der Waals surface area (Å²) >= 11 is 0.